The van der Waals surface area contributed by atoms with Crippen molar-refractivity contribution in [3.05, 3.63) is 65.2 Å². The zero-order valence-corrected chi connectivity index (χ0v) is 10.1. The number of benzene rings is 2. The Labute approximate surface area is 109 Å². The summed E-state index contributed by atoms with van der Waals surface area (Å²) in [6.07, 6.45) is 0.711. The highest BCUT2D eigenvalue weighted by Crippen LogP contribution is 2.29. The summed E-state index contributed by atoms with van der Waals surface area (Å²) in [5.41, 5.74) is 1.96. The summed E-state index contributed by atoms with van der Waals surface area (Å²) >= 11 is 0. The lowest BCUT2D eigenvalue weighted by Crippen LogP contribution is -2.28. The molecule has 0 N–H and O–H groups in total. The first kappa shape index (κ1) is 11.8. The zero-order valence-electron chi connectivity index (χ0n) is 10.1. The Morgan fingerprint density at radius 2 is 1.68 bits per heavy atom. The number of carbonyl (C=O) groups excluding carboxylic acids is 1. The first-order valence-electron chi connectivity index (χ1n) is 6.01. The van der Waals surface area contributed by atoms with Crippen LogP contribution in [0.5, 0.6) is 0 Å². The lowest BCUT2D eigenvalue weighted by atomic mass is 10.1. The van der Waals surface area contributed by atoms with Crippen molar-refractivity contribution in [2.24, 2.45) is 0 Å². The van der Waals surface area contributed by atoms with Crippen molar-refractivity contribution in [1.82, 2.24) is 0 Å². The third-order valence-corrected chi connectivity index (χ3v) is 3.28. The minimum atomic E-state index is -0.385. The van der Waals surface area contributed by atoms with E-state index in [0.717, 1.165) is 5.56 Å². The van der Waals surface area contributed by atoms with Gasteiger partial charge in [-0.05, 0) is 48.4 Å². The fourth-order valence-corrected chi connectivity index (χ4v) is 2.31. The third kappa shape index (κ3) is 2.10. The molecule has 0 aliphatic carbocycles. The Morgan fingerprint density at radius 3 is 2.42 bits per heavy atom. The standard InChI is InChI=1S/C15H11F2NO/c16-12-4-2-11(3-5-12)15(19)18-8-7-10-1-6-13(17)9-14(10)18/h1-6,9H,7-8H2. The molecule has 0 spiro atoms. The summed E-state index contributed by atoms with van der Waals surface area (Å²) in [7, 11) is 0. The molecule has 0 aromatic heterocycles. The molecule has 1 aliphatic heterocycles. The van der Waals surface area contributed by atoms with E-state index in [1.54, 1.807) is 6.07 Å². The summed E-state index contributed by atoms with van der Waals surface area (Å²) in [5, 5.41) is 0. The number of hydrogen-bond donors (Lipinski definition) is 0. The van der Waals surface area contributed by atoms with Gasteiger partial charge in [-0.25, -0.2) is 8.78 Å². The highest BCUT2D eigenvalue weighted by atomic mass is 19.1. The van der Waals surface area contributed by atoms with Crippen molar-refractivity contribution < 1.29 is 13.6 Å². The average Bonchev–Trinajstić information content (AvgIpc) is 2.81. The number of fused-ring (bicyclic) bond motifs is 1. The van der Waals surface area contributed by atoms with Crippen LogP contribution in [0, 0.1) is 11.6 Å². The second-order valence-corrected chi connectivity index (χ2v) is 4.49. The number of hydrogen-bond acceptors (Lipinski definition) is 1. The van der Waals surface area contributed by atoms with Gasteiger partial charge in [0.1, 0.15) is 11.6 Å². The van der Waals surface area contributed by atoms with Crippen molar-refractivity contribution >= 4 is 11.6 Å². The molecular formula is C15H11F2NO. The van der Waals surface area contributed by atoms with E-state index in [1.165, 1.54) is 41.3 Å². The molecule has 19 heavy (non-hydrogen) atoms. The van der Waals surface area contributed by atoms with Gasteiger partial charge in [-0.2, -0.15) is 0 Å². The van der Waals surface area contributed by atoms with E-state index in [1.807, 2.05) is 0 Å². The van der Waals surface area contributed by atoms with Crippen LogP contribution < -0.4 is 4.90 Å². The molecule has 0 radical (unpaired) electrons. The fourth-order valence-electron chi connectivity index (χ4n) is 2.31. The van der Waals surface area contributed by atoms with E-state index in [0.29, 0.717) is 24.2 Å². The number of nitrogens with zero attached hydrogens (tertiary/aromatic N) is 1. The minimum absolute atomic E-state index is 0.232. The Balaban J connectivity index is 1.95. The molecule has 1 aliphatic rings. The van der Waals surface area contributed by atoms with Gasteiger partial charge in [0.05, 0.1) is 5.69 Å². The Morgan fingerprint density at radius 1 is 1.00 bits per heavy atom. The van der Waals surface area contributed by atoms with Gasteiger partial charge in [0.25, 0.3) is 5.91 Å². The van der Waals surface area contributed by atoms with Crippen molar-refractivity contribution in [2.75, 3.05) is 11.4 Å². The van der Waals surface area contributed by atoms with Gasteiger partial charge in [-0.1, -0.05) is 6.07 Å². The second-order valence-electron chi connectivity index (χ2n) is 4.49. The molecular weight excluding hydrogens is 248 g/mol. The molecule has 0 bridgehead atoms. The van der Waals surface area contributed by atoms with Gasteiger partial charge in [0.15, 0.2) is 0 Å². The van der Waals surface area contributed by atoms with Crippen LogP contribution in [0.25, 0.3) is 0 Å². The lowest BCUT2D eigenvalue weighted by molar-refractivity contribution is 0.0989. The molecule has 1 heterocycles. The quantitative estimate of drug-likeness (QED) is 0.770. The fraction of sp³-hybridized carbons (Fsp3) is 0.133. The highest BCUT2D eigenvalue weighted by Gasteiger charge is 2.25. The minimum Gasteiger partial charge on any atom is -0.308 e. The molecule has 2 aromatic carbocycles. The topological polar surface area (TPSA) is 20.3 Å². The molecule has 2 nitrogen and oxygen atoms in total. The van der Waals surface area contributed by atoms with Crippen LogP contribution in [-0.2, 0) is 6.42 Å². The number of carbonyl (C=O) groups is 1. The maximum atomic E-state index is 13.3. The number of rotatable bonds is 1. The van der Waals surface area contributed by atoms with Crippen LogP contribution in [0.15, 0.2) is 42.5 Å². The third-order valence-electron chi connectivity index (χ3n) is 3.28. The predicted molar refractivity (Wildman–Crippen MR) is 68.2 cm³/mol. The molecule has 0 unspecified atom stereocenters. The van der Waals surface area contributed by atoms with E-state index < -0.39 is 0 Å². The van der Waals surface area contributed by atoms with Crippen LogP contribution in [0.2, 0.25) is 0 Å². The highest BCUT2D eigenvalue weighted by molar-refractivity contribution is 6.07. The molecule has 0 saturated carbocycles. The van der Waals surface area contributed by atoms with Crippen LogP contribution >= 0.6 is 0 Å². The van der Waals surface area contributed by atoms with Crippen LogP contribution in [-0.4, -0.2) is 12.5 Å². The summed E-state index contributed by atoms with van der Waals surface area (Å²) in [4.78, 5) is 13.8. The SMILES string of the molecule is O=C(c1ccc(F)cc1)N1CCc2ccc(F)cc21. The van der Waals surface area contributed by atoms with E-state index in [4.69, 9.17) is 0 Å². The Hall–Kier alpha value is -2.23. The van der Waals surface area contributed by atoms with Crippen LogP contribution in [0.4, 0.5) is 14.5 Å². The molecule has 1 amide bonds. The van der Waals surface area contributed by atoms with E-state index >= 15 is 0 Å². The predicted octanol–water partition coefficient (Wildman–Crippen LogP) is 3.17. The zero-order chi connectivity index (χ0) is 13.4. The number of amides is 1. The van der Waals surface area contributed by atoms with Crippen molar-refractivity contribution in [3.63, 3.8) is 0 Å². The first-order valence-corrected chi connectivity index (χ1v) is 6.01. The van der Waals surface area contributed by atoms with Crippen molar-refractivity contribution in [1.29, 1.82) is 0 Å². The Kier molecular flexibility index (Phi) is 2.78. The first-order chi connectivity index (χ1) is 9.15. The summed E-state index contributed by atoms with van der Waals surface area (Å²) < 4.78 is 26.1. The molecule has 3 rings (SSSR count). The number of anilines is 1. The van der Waals surface area contributed by atoms with Gasteiger partial charge in [0, 0.05) is 12.1 Å². The second kappa shape index (κ2) is 4.46. The molecule has 2 aromatic rings. The maximum Gasteiger partial charge on any atom is 0.258 e. The lowest BCUT2D eigenvalue weighted by Gasteiger charge is -2.17. The monoisotopic (exact) mass is 259 g/mol. The van der Waals surface area contributed by atoms with E-state index in [9.17, 15) is 13.6 Å². The largest absolute Gasteiger partial charge is 0.308 e. The smallest absolute Gasteiger partial charge is 0.258 e. The van der Waals surface area contributed by atoms with Crippen LogP contribution in [0.3, 0.4) is 0 Å². The van der Waals surface area contributed by atoms with Crippen LogP contribution in [0.1, 0.15) is 15.9 Å². The van der Waals surface area contributed by atoms with Gasteiger partial charge in [-0.3, -0.25) is 4.79 Å². The van der Waals surface area contributed by atoms with Gasteiger partial charge >= 0.3 is 0 Å². The maximum absolute atomic E-state index is 13.3. The number of halogens is 2. The van der Waals surface area contributed by atoms with E-state index in [2.05, 4.69) is 0 Å². The van der Waals surface area contributed by atoms with Gasteiger partial charge < -0.3 is 4.90 Å². The molecule has 0 atom stereocenters. The molecule has 4 heteroatoms. The van der Waals surface area contributed by atoms with Crippen molar-refractivity contribution in [3.8, 4) is 0 Å². The summed E-state index contributed by atoms with van der Waals surface area (Å²) in [5.74, 6) is -0.980. The average molecular weight is 259 g/mol. The normalized spacial score (nSPS) is 13.5. The summed E-state index contributed by atoms with van der Waals surface area (Å²) in [6.45, 7) is 0.523. The van der Waals surface area contributed by atoms with Crippen molar-refractivity contribution in [2.45, 2.75) is 6.42 Å². The van der Waals surface area contributed by atoms with Gasteiger partial charge in [-0.15, -0.1) is 0 Å². The summed E-state index contributed by atoms with van der Waals surface area (Å²) in [6, 6.07) is 9.83. The van der Waals surface area contributed by atoms with E-state index in [-0.39, 0.29) is 17.5 Å². The Bertz CT molecular complexity index is 637. The molecule has 0 fully saturated rings. The van der Waals surface area contributed by atoms with Gasteiger partial charge in [0.2, 0.25) is 0 Å². The molecule has 0 saturated heterocycles. The molecule has 96 valence electrons.